The van der Waals surface area contributed by atoms with Gasteiger partial charge in [0, 0.05) is 36.1 Å². The quantitative estimate of drug-likeness (QED) is 0.505. The molecular weight excluding hydrogens is 442 g/mol. The molecule has 3 aromatic rings. The molecule has 0 aliphatic carbocycles. The molecule has 0 saturated carbocycles. The third-order valence-electron chi connectivity index (χ3n) is 4.98. The van der Waals surface area contributed by atoms with E-state index >= 15 is 0 Å². The van der Waals surface area contributed by atoms with Crippen molar-refractivity contribution in [1.29, 1.82) is 0 Å². The zero-order chi connectivity index (χ0) is 21.1. The van der Waals surface area contributed by atoms with Crippen molar-refractivity contribution in [3.63, 3.8) is 0 Å². The number of carbonyl (C=O) groups is 1. The molecule has 1 amide bonds. The summed E-state index contributed by atoms with van der Waals surface area (Å²) in [5, 5.41) is 1.63. The lowest BCUT2D eigenvalue weighted by Gasteiger charge is -2.34. The number of anilines is 1. The molecule has 30 heavy (non-hydrogen) atoms. The fourth-order valence-corrected chi connectivity index (χ4v) is 5.38. The predicted molar refractivity (Wildman–Crippen MR) is 124 cm³/mol. The van der Waals surface area contributed by atoms with Gasteiger partial charge in [-0.2, -0.15) is 0 Å². The van der Waals surface area contributed by atoms with Gasteiger partial charge in [-0.1, -0.05) is 22.9 Å². The first-order valence-corrected chi connectivity index (χ1v) is 11.7. The number of hydrogen-bond acceptors (Lipinski definition) is 7. The van der Waals surface area contributed by atoms with Gasteiger partial charge in [-0.05, 0) is 36.4 Å². The summed E-state index contributed by atoms with van der Waals surface area (Å²) in [5.41, 5.74) is 0.815. The Morgan fingerprint density at radius 3 is 2.40 bits per heavy atom. The first-order chi connectivity index (χ1) is 14.6. The van der Waals surface area contributed by atoms with Gasteiger partial charge < -0.3 is 19.3 Å². The highest BCUT2D eigenvalue weighted by atomic mass is 35.5. The van der Waals surface area contributed by atoms with Crippen molar-refractivity contribution in [3.8, 4) is 11.5 Å². The molecule has 1 aromatic heterocycles. The molecule has 0 unspecified atom stereocenters. The molecule has 0 radical (unpaired) electrons. The van der Waals surface area contributed by atoms with Crippen LogP contribution >= 0.6 is 34.7 Å². The van der Waals surface area contributed by atoms with Crippen LogP contribution in [0.5, 0.6) is 11.5 Å². The highest BCUT2D eigenvalue weighted by Gasteiger charge is 2.24. The number of piperazine rings is 1. The van der Waals surface area contributed by atoms with Crippen LogP contribution in [-0.4, -0.2) is 61.9 Å². The summed E-state index contributed by atoms with van der Waals surface area (Å²) in [5.74, 6) is 2.11. The number of hydrogen-bond donors (Lipinski definition) is 0. The Bertz CT molecular complexity index is 993. The summed E-state index contributed by atoms with van der Waals surface area (Å²) in [6, 6.07) is 11.3. The summed E-state index contributed by atoms with van der Waals surface area (Å²) < 4.78 is 11.9. The van der Waals surface area contributed by atoms with E-state index in [1.54, 1.807) is 25.6 Å². The molecule has 1 fully saturated rings. The minimum absolute atomic E-state index is 0.155. The van der Waals surface area contributed by atoms with Gasteiger partial charge in [0.1, 0.15) is 21.7 Å². The molecule has 6 nitrogen and oxygen atoms in total. The van der Waals surface area contributed by atoms with Gasteiger partial charge in [0.25, 0.3) is 0 Å². The molecule has 0 N–H and O–H groups in total. The standard InChI is InChI=1S/C21H22ClN3O3S2/c1-27-16-7-8-17(28-2)20-19(16)23-21(30-20)25-11-9-24(10-12-25)18(26)13-29-15-5-3-14(22)4-6-15/h3-8H,9-13H2,1-2H3. The maximum atomic E-state index is 12.6. The third-order valence-corrected chi connectivity index (χ3v) is 7.36. The van der Waals surface area contributed by atoms with Gasteiger partial charge in [0.15, 0.2) is 5.13 Å². The second-order valence-corrected chi connectivity index (χ2v) is 9.22. The average Bonchev–Trinajstić information content (AvgIpc) is 3.23. The molecule has 9 heteroatoms. The normalized spacial score (nSPS) is 14.2. The maximum absolute atomic E-state index is 12.6. The fraction of sp³-hybridized carbons (Fsp3) is 0.333. The number of ether oxygens (including phenoxy) is 2. The van der Waals surface area contributed by atoms with Gasteiger partial charge >= 0.3 is 0 Å². The van der Waals surface area contributed by atoms with Crippen LogP contribution in [0.25, 0.3) is 10.2 Å². The van der Waals surface area contributed by atoms with Gasteiger partial charge in [-0.15, -0.1) is 11.8 Å². The van der Waals surface area contributed by atoms with Crippen LogP contribution in [0.3, 0.4) is 0 Å². The van der Waals surface area contributed by atoms with Crippen LogP contribution in [0, 0.1) is 0 Å². The van der Waals surface area contributed by atoms with Gasteiger partial charge in [-0.3, -0.25) is 4.79 Å². The minimum atomic E-state index is 0.155. The molecule has 0 bridgehead atoms. The van der Waals surface area contributed by atoms with E-state index in [0.29, 0.717) is 23.9 Å². The molecule has 1 aliphatic heterocycles. The summed E-state index contributed by atoms with van der Waals surface area (Å²) in [4.78, 5) is 22.6. The van der Waals surface area contributed by atoms with Crippen molar-refractivity contribution in [3.05, 3.63) is 41.4 Å². The van der Waals surface area contributed by atoms with Gasteiger partial charge in [0.05, 0.1) is 20.0 Å². The fourth-order valence-electron chi connectivity index (χ4n) is 3.32. The van der Waals surface area contributed by atoms with E-state index in [1.807, 2.05) is 41.3 Å². The number of halogens is 1. The number of rotatable bonds is 6. The Balaban J connectivity index is 1.38. The molecule has 2 heterocycles. The SMILES string of the molecule is COc1ccc(OC)c2sc(N3CCN(C(=O)CSc4ccc(Cl)cc4)CC3)nc12. The number of aromatic nitrogens is 1. The largest absolute Gasteiger partial charge is 0.495 e. The Morgan fingerprint density at radius 2 is 1.73 bits per heavy atom. The van der Waals surface area contributed by atoms with Crippen molar-refractivity contribution < 1.29 is 14.3 Å². The molecule has 4 rings (SSSR count). The number of fused-ring (bicyclic) bond motifs is 1. The second kappa shape index (κ2) is 9.32. The second-order valence-electron chi connectivity index (χ2n) is 6.75. The molecular formula is C21H22ClN3O3S2. The first-order valence-electron chi connectivity index (χ1n) is 9.51. The Labute approximate surface area is 188 Å². The van der Waals surface area contributed by atoms with Crippen LogP contribution in [0.1, 0.15) is 0 Å². The summed E-state index contributed by atoms with van der Waals surface area (Å²) in [6.45, 7) is 2.87. The van der Waals surface area contributed by atoms with Crippen LogP contribution in [0.2, 0.25) is 5.02 Å². The zero-order valence-electron chi connectivity index (χ0n) is 16.8. The lowest BCUT2D eigenvalue weighted by Crippen LogP contribution is -2.49. The van der Waals surface area contributed by atoms with Crippen LogP contribution < -0.4 is 14.4 Å². The number of thioether (sulfide) groups is 1. The highest BCUT2D eigenvalue weighted by Crippen LogP contribution is 2.40. The van der Waals surface area contributed by atoms with E-state index in [-0.39, 0.29) is 5.91 Å². The van der Waals surface area contributed by atoms with Crippen LogP contribution in [0.15, 0.2) is 41.3 Å². The number of amides is 1. The highest BCUT2D eigenvalue weighted by molar-refractivity contribution is 8.00. The number of nitrogens with zero attached hydrogens (tertiary/aromatic N) is 3. The predicted octanol–water partition coefficient (Wildman–Crippen LogP) is 4.41. The first kappa shape index (κ1) is 21.1. The Morgan fingerprint density at radius 1 is 1.07 bits per heavy atom. The van der Waals surface area contributed by atoms with Crippen LogP contribution in [-0.2, 0) is 4.79 Å². The molecule has 1 saturated heterocycles. The molecule has 158 valence electrons. The lowest BCUT2D eigenvalue weighted by molar-refractivity contribution is -0.128. The van der Waals surface area contributed by atoms with Crippen molar-refractivity contribution >= 4 is 56.0 Å². The maximum Gasteiger partial charge on any atom is 0.233 e. The van der Waals surface area contributed by atoms with E-state index in [4.69, 9.17) is 26.1 Å². The smallest absolute Gasteiger partial charge is 0.233 e. The summed E-state index contributed by atoms with van der Waals surface area (Å²) in [6.07, 6.45) is 0. The molecule has 0 spiro atoms. The van der Waals surface area contributed by atoms with E-state index in [2.05, 4.69) is 4.90 Å². The van der Waals surface area contributed by atoms with Gasteiger partial charge in [-0.25, -0.2) is 4.98 Å². The zero-order valence-corrected chi connectivity index (χ0v) is 19.1. The summed E-state index contributed by atoms with van der Waals surface area (Å²) in [7, 11) is 3.31. The van der Waals surface area contributed by atoms with E-state index in [1.165, 1.54) is 11.8 Å². The Kier molecular flexibility index (Phi) is 6.55. The van der Waals surface area contributed by atoms with Crippen molar-refractivity contribution in [2.45, 2.75) is 4.90 Å². The molecule has 0 atom stereocenters. The topological polar surface area (TPSA) is 54.9 Å². The average molecular weight is 464 g/mol. The van der Waals surface area contributed by atoms with Crippen molar-refractivity contribution in [2.24, 2.45) is 0 Å². The number of benzene rings is 2. The van der Waals surface area contributed by atoms with E-state index in [9.17, 15) is 4.79 Å². The molecule has 2 aromatic carbocycles. The number of methoxy groups -OCH3 is 2. The monoisotopic (exact) mass is 463 g/mol. The lowest BCUT2D eigenvalue weighted by atomic mass is 10.3. The summed E-state index contributed by atoms with van der Waals surface area (Å²) >= 11 is 9.04. The van der Waals surface area contributed by atoms with Crippen LogP contribution in [0.4, 0.5) is 5.13 Å². The van der Waals surface area contributed by atoms with Gasteiger partial charge in [0.2, 0.25) is 5.91 Å². The van der Waals surface area contributed by atoms with E-state index < -0.39 is 0 Å². The number of carbonyl (C=O) groups excluding carboxylic acids is 1. The Hall–Kier alpha value is -2.16. The van der Waals surface area contributed by atoms with Crippen molar-refractivity contribution in [1.82, 2.24) is 9.88 Å². The minimum Gasteiger partial charge on any atom is -0.495 e. The third kappa shape index (κ3) is 4.45. The number of thiazole rings is 1. The van der Waals surface area contributed by atoms with E-state index in [0.717, 1.165) is 44.8 Å². The molecule has 1 aliphatic rings. The van der Waals surface area contributed by atoms with Crippen molar-refractivity contribution in [2.75, 3.05) is 51.1 Å².